The number of rotatable bonds is 4. The third kappa shape index (κ3) is 1.95. The highest BCUT2D eigenvalue weighted by Crippen LogP contribution is 2.70. The van der Waals surface area contributed by atoms with E-state index in [0.717, 1.165) is 24.8 Å². The number of ketones is 2. The molecule has 6 heteroatoms. The van der Waals surface area contributed by atoms with Crippen molar-refractivity contribution in [2.24, 2.45) is 23.2 Å². The molecule has 7 unspecified atom stereocenters. The van der Waals surface area contributed by atoms with Crippen molar-refractivity contribution in [2.45, 2.75) is 56.3 Å². The van der Waals surface area contributed by atoms with Gasteiger partial charge in [-0.15, -0.1) is 0 Å². The number of fused-ring (bicyclic) bond motifs is 2. The Bertz CT molecular complexity index is 771. The van der Waals surface area contributed by atoms with Gasteiger partial charge >= 0.3 is 0 Å². The van der Waals surface area contributed by atoms with Crippen LogP contribution in [0.3, 0.4) is 0 Å². The van der Waals surface area contributed by atoms with Gasteiger partial charge in [-0.3, -0.25) is 9.59 Å². The molecule has 1 aliphatic heterocycles. The van der Waals surface area contributed by atoms with Crippen molar-refractivity contribution in [1.82, 2.24) is 0 Å². The molecule has 2 N–H and O–H groups in total. The Balaban J connectivity index is 1.54. The molecule has 3 saturated carbocycles. The Labute approximate surface area is 158 Å². The van der Waals surface area contributed by atoms with Crippen molar-refractivity contribution >= 4 is 11.6 Å². The van der Waals surface area contributed by atoms with Crippen LogP contribution in [0.15, 0.2) is 23.8 Å². The summed E-state index contributed by atoms with van der Waals surface area (Å²) in [5.41, 5.74) is -0.962. The first-order valence-electron chi connectivity index (χ1n) is 9.93. The zero-order valence-electron chi connectivity index (χ0n) is 15.5. The molecular weight excluding hydrogens is 348 g/mol. The molecular formula is C21H26O6. The Morgan fingerprint density at radius 3 is 2.93 bits per heavy atom. The van der Waals surface area contributed by atoms with E-state index in [-0.39, 0.29) is 23.6 Å². The molecule has 4 aliphatic carbocycles. The summed E-state index contributed by atoms with van der Waals surface area (Å²) in [6, 6.07) is 0. The second kappa shape index (κ2) is 5.60. The smallest absolute Gasteiger partial charge is 0.190 e. The van der Waals surface area contributed by atoms with Gasteiger partial charge in [0.1, 0.15) is 24.6 Å². The summed E-state index contributed by atoms with van der Waals surface area (Å²) in [6.07, 6.45) is 9.15. The fourth-order valence-corrected chi connectivity index (χ4v) is 7.37. The van der Waals surface area contributed by atoms with Crippen molar-refractivity contribution in [3.8, 4) is 0 Å². The highest BCUT2D eigenvalue weighted by molar-refractivity contribution is 6.01. The number of carbonyl (C=O) groups excluding carboxylic acids is 2. The van der Waals surface area contributed by atoms with Crippen molar-refractivity contribution < 1.29 is 29.3 Å². The maximum Gasteiger partial charge on any atom is 0.190 e. The molecule has 1 heterocycles. The average Bonchev–Trinajstić information content (AvgIpc) is 2.93. The van der Waals surface area contributed by atoms with Crippen LogP contribution in [0.5, 0.6) is 0 Å². The second-order valence-electron chi connectivity index (χ2n) is 9.03. The van der Waals surface area contributed by atoms with Crippen LogP contribution >= 0.6 is 0 Å². The topological polar surface area (TPSA) is 93.1 Å². The van der Waals surface area contributed by atoms with Gasteiger partial charge < -0.3 is 19.7 Å². The molecule has 1 saturated heterocycles. The SMILES string of the molecule is CC12CC3OC45C=CC(=O)C=C4CCC(C35)C1CCC2(OCO)C(=O)CO. The molecule has 0 aromatic rings. The van der Waals surface area contributed by atoms with Crippen LogP contribution < -0.4 is 0 Å². The van der Waals surface area contributed by atoms with Gasteiger partial charge in [-0.05, 0) is 67.7 Å². The number of aliphatic hydroxyl groups excluding tert-OH is 2. The fraction of sp³-hybridized carbons (Fsp3) is 0.714. The van der Waals surface area contributed by atoms with Crippen LogP contribution in [0.4, 0.5) is 0 Å². The number of hydrogen-bond donors (Lipinski definition) is 2. The standard InChI is InChI=1S/C21H26O6/c1-19-9-16-18-14(3-2-12-8-13(24)4-6-20(12,18)27-16)15(19)5-7-21(19,26-11-23)17(25)10-22/h4,6,8,14-16,18,22-23H,2-3,5,7,9-11H2,1H3. The lowest BCUT2D eigenvalue weighted by Crippen LogP contribution is -2.72. The van der Waals surface area contributed by atoms with Crippen LogP contribution in [0.2, 0.25) is 0 Å². The first-order valence-corrected chi connectivity index (χ1v) is 9.93. The summed E-state index contributed by atoms with van der Waals surface area (Å²) in [4.78, 5) is 24.6. The molecule has 27 heavy (non-hydrogen) atoms. The van der Waals surface area contributed by atoms with Crippen LogP contribution in [0.1, 0.15) is 39.0 Å². The number of hydrogen-bond acceptors (Lipinski definition) is 6. The largest absolute Gasteiger partial charge is 0.388 e. The van der Waals surface area contributed by atoms with E-state index in [2.05, 4.69) is 6.92 Å². The molecule has 1 spiro atoms. The van der Waals surface area contributed by atoms with Gasteiger partial charge in [0.25, 0.3) is 0 Å². The zero-order chi connectivity index (χ0) is 19.0. The molecule has 5 rings (SSSR count). The zero-order valence-corrected chi connectivity index (χ0v) is 15.5. The average molecular weight is 374 g/mol. The van der Waals surface area contributed by atoms with Gasteiger partial charge in [0, 0.05) is 11.3 Å². The normalized spacial score (nSPS) is 49.6. The van der Waals surface area contributed by atoms with E-state index in [1.54, 1.807) is 12.2 Å². The number of Topliss-reactive ketones (excluding diaryl/α,β-unsaturated/α-hetero) is 1. The van der Waals surface area contributed by atoms with Gasteiger partial charge in [0.2, 0.25) is 0 Å². The van der Waals surface area contributed by atoms with Gasteiger partial charge in [-0.2, -0.15) is 0 Å². The van der Waals surface area contributed by atoms with Crippen molar-refractivity contribution in [3.63, 3.8) is 0 Å². The second-order valence-corrected chi connectivity index (χ2v) is 9.03. The number of aliphatic hydroxyl groups is 2. The molecule has 0 aromatic carbocycles. The lowest BCUT2D eigenvalue weighted by Gasteiger charge is -2.68. The van der Waals surface area contributed by atoms with E-state index >= 15 is 0 Å². The van der Waals surface area contributed by atoms with E-state index in [1.165, 1.54) is 0 Å². The van der Waals surface area contributed by atoms with Gasteiger partial charge in [-0.25, -0.2) is 0 Å². The third-order valence-electron chi connectivity index (χ3n) is 8.36. The molecule has 6 nitrogen and oxygen atoms in total. The first kappa shape index (κ1) is 17.7. The highest BCUT2D eigenvalue weighted by Gasteiger charge is 2.74. The molecule has 5 aliphatic rings. The van der Waals surface area contributed by atoms with Crippen LogP contribution in [-0.2, 0) is 19.1 Å². The Morgan fingerprint density at radius 1 is 1.37 bits per heavy atom. The summed E-state index contributed by atoms with van der Waals surface area (Å²) in [5, 5.41) is 19.1. The number of carbonyl (C=O) groups is 2. The molecule has 7 atom stereocenters. The first-order chi connectivity index (χ1) is 12.9. The quantitative estimate of drug-likeness (QED) is 0.721. The van der Waals surface area contributed by atoms with E-state index < -0.39 is 30.0 Å². The van der Waals surface area contributed by atoms with E-state index in [1.807, 2.05) is 6.08 Å². The van der Waals surface area contributed by atoms with Gasteiger partial charge in [-0.1, -0.05) is 6.92 Å². The van der Waals surface area contributed by atoms with Gasteiger partial charge in [0.05, 0.1) is 6.10 Å². The summed E-state index contributed by atoms with van der Waals surface area (Å²) < 4.78 is 12.1. The van der Waals surface area contributed by atoms with Crippen LogP contribution in [0, 0.1) is 23.2 Å². The number of allylic oxidation sites excluding steroid dienone is 2. The Kier molecular flexibility index (Phi) is 3.68. The van der Waals surface area contributed by atoms with Crippen LogP contribution in [0.25, 0.3) is 0 Å². The Hall–Kier alpha value is -1.34. The predicted molar refractivity (Wildman–Crippen MR) is 94.5 cm³/mol. The van der Waals surface area contributed by atoms with Crippen molar-refractivity contribution in [3.05, 3.63) is 23.8 Å². The predicted octanol–water partition coefficient (Wildman–Crippen LogP) is 1.30. The molecule has 0 aromatic heterocycles. The summed E-state index contributed by atoms with van der Waals surface area (Å²) in [6.45, 7) is 0.961. The minimum atomic E-state index is -1.15. The maximum atomic E-state index is 12.7. The van der Waals surface area contributed by atoms with E-state index in [0.29, 0.717) is 24.7 Å². The lowest BCUT2D eigenvalue weighted by molar-refractivity contribution is -0.301. The monoisotopic (exact) mass is 374 g/mol. The molecule has 4 fully saturated rings. The molecule has 0 bridgehead atoms. The molecule has 146 valence electrons. The van der Waals surface area contributed by atoms with Crippen molar-refractivity contribution in [2.75, 3.05) is 13.4 Å². The van der Waals surface area contributed by atoms with Crippen molar-refractivity contribution in [1.29, 1.82) is 0 Å². The highest BCUT2D eigenvalue weighted by atomic mass is 16.6. The maximum absolute atomic E-state index is 12.7. The minimum absolute atomic E-state index is 0.00376. The van der Waals surface area contributed by atoms with E-state index in [9.17, 15) is 19.8 Å². The summed E-state index contributed by atoms with van der Waals surface area (Å²) >= 11 is 0. The fourth-order valence-electron chi connectivity index (χ4n) is 7.37. The van der Waals surface area contributed by atoms with Gasteiger partial charge in [0.15, 0.2) is 11.6 Å². The molecule has 0 radical (unpaired) electrons. The lowest BCUT2D eigenvalue weighted by atomic mass is 9.46. The molecule has 0 amide bonds. The van der Waals surface area contributed by atoms with E-state index in [4.69, 9.17) is 9.47 Å². The van der Waals surface area contributed by atoms with Crippen LogP contribution in [-0.4, -0.2) is 52.5 Å². The Morgan fingerprint density at radius 2 is 2.19 bits per heavy atom. The summed E-state index contributed by atoms with van der Waals surface area (Å²) in [5.74, 6) is 0.677. The number of ether oxygens (including phenoxy) is 2. The summed E-state index contributed by atoms with van der Waals surface area (Å²) in [7, 11) is 0. The third-order valence-corrected chi connectivity index (χ3v) is 8.36. The minimum Gasteiger partial charge on any atom is -0.388 e.